The first kappa shape index (κ1) is 10.2. The van der Waals surface area contributed by atoms with Crippen LogP contribution in [0.15, 0.2) is 22.9 Å². The van der Waals surface area contributed by atoms with Crippen LogP contribution in [0.1, 0.15) is 11.3 Å². The van der Waals surface area contributed by atoms with Gasteiger partial charge in [-0.15, -0.1) is 0 Å². The van der Waals surface area contributed by atoms with Gasteiger partial charge in [-0.1, -0.05) is 11.2 Å². The number of hydrogen-bond acceptors (Lipinski definition) is 5. The molecule has 5 nitrogen and oxygen atoms in total. The van der Waals surface area contributed by atoms with Crippen molar-refractivity contribution in [1.82, 2.24) is 16.0 Å². The van der Waals surface area contributed by atoms with Crippen molar-refractivity contribution in [3.63, 3.8) is 0 Å². The van der Waals surface area contributed by atoms with Crippen LogP contribution in [0.2, 0.25) is 0 Å². The molecule has 17 heavy (non-hydrogen) atoms. The molecule has 1 aromatic heterocycles. The number of benzene rings is 1. The van der Waals surface area contributed by atoms with E-state index < -0.39 is 0 Å². The fourth-order valence-corrected chi connectivity index (χ4v) is 1.96. The molecular weight excluding hydrogens is 218 g/mol. The van der Waals surface area contributed by atoms with Gasteiger partial charge in [-0.25, -0.2) is 5.48 Å². The standard InChI is InChI=1S/C12H13N3O2/c1-13-6-4-8-2-3-10-11-9(15-16-10)5-7-14-17-12(8)11/h2-3,5,7,13-14H,4,6H2,1H3. The highest BCUT2D eigenvalue weighted by atomic mass is 16.6. The fraction of sp³-hybridized carbons (Fsp3) is 0.250. The van der Waals surface area contributed by atoms with Crippen molar-refractivity contribution in [2.75, 3.05) is 13.6 Å². The number of likely N-dealkylation sites (N-methyl/N-ethyl adjacent to an activating group) is 1. The van der Waals surface area contributed by atoms with Gasteiger partial charge in [-0.2, -0.15) is 0 Å². The van der Waals surface area contributed by atoms with Crippen LogP contribution in [-0.4, -0.2) is 18.7 Å². The Kier molecular flexibility index (Phi) is 2.45. The molecule has 0 unspecified atom stereocenters. The number of hydrogen-bond donors (Lipinski definition) is 2. The van der Waals surface area contributed by atoms with Crippen LogP contribution in [0.4, 0.5) is 0 Å². The van der Waals surface area contributed by atoms with E-state index in [0.29, 0.717) is 0 Å². The lowest BCUT2D eigenvalue weighted by Gasteiger charge is -2.09. The molecule has 1 aliphatic heterocycles. The van der Waals surface area contributed by atoms with E-state index in [1.807, 2.05) is 25.3 Å². The molecule has 1 aliphatic rings. The number of rotatable bonds is 3. The minimum atomic E-state index is 0.747. The van der Waals surface area contributed by atoms with Gasteiger partial charge >= 0.3 is 0 Å². The van der Waals surface area contributed by atoms with Crippen molar-refractivity contribution in [3.05, 3.63) is 29.6 Å². The van der Waals surface area contributed by atoms with E-state index in [1.165, 1.54) is 0 Å². The molecular formula is C12H13N3O2. The lowest BCUT2D eigenvalue weighted by atomic mass is 10.1. The van der Waals surface area contributed by atoms with Gasteiger partial charge < -0.3 is 14.7 Å². The predicted octanol–water partition coefficient (Wildman–Crippen LogP) is 1.46. The monoisotopic (exact) mass is 231 g/mol. The van der Waals surface area contributed by atoms with E-state index in [0.717, 1.165) is 40.9 Å². The summed E-state index contributed by atoms with van der Waals surface area (Å²) < 4.78 is 5.25. The first-order valence-electron chi connectivity index (χ1n) is 5.55. The quantitative estimate of drug-likeness (QED) is 0.837. The van der Waals surface area contributed by atoms with Gasteiger partial charge in [0.1, 0.15) is 5.69 Å². The molecule has 3 rings (SSSR count). The van der Waals surface area contributed by atoms with Gasteiger partial charge in [0.05, 0.1) is 5.39 Å². The Morgan fingerprint density at radius 2 is 2.35 bits per heavy atom. The summed E-state index contributed by atoms with van der Waals surface area (Å²) >= 11 is 0. The van der Waals surface area contributed by atoms with Crippen LogP contribution in [0, 0.1) is 0 Å². The van der Waals surface area contributed by atoms with Crippen LogP contribution >= 0.6 is 0 Å². The third-order valence-corrected chi connectivity index (χ3v) is 2.81. The number of nitrogens with zero attached hydrogens (tertiary/aromatic N) is 1. The first-order valence-corrected chi connectivity index (χ1v) is 5.55. The average Bonchev–Trinajstić information content (AvgIpc) is 2.63. The molecule has 0 aliphatic carbocycles. The molecule has 0 saturated carbocycles. The largest absolute Gasteiger partial charge is 0.382 e. The van der Waals surface area contributed by atoms with Crippen molar-refractivity contribution in [1.29, 1.82) is 0 Å². The third kappa shape index (κ3) is 1.64. The highest BCUT2D eigenvalue weighted by Crippen LogP contribution is 2.34. The number of hydroxylamine groups is 1. The Hall–Kier alpha value is -2.01. The van der Waals surface area contributed by atoms with E-state index in [4.69, 9.17) is 9.36 Å². The summed E-state index contributed by atoms with van der Waals surface area (Å²) in [6.45, 7) is 0.899. The molecule has 2 N–H and O–H groups in total. The van der Waals surface area contributed by atoms with Gasteiger partial charge in [0.2, 0.25) is 0 Å². The third-order valence-electron chi connectivity index (χ3n) is 2.81. The Morgan fingerprint density at radius 1 is 1.41 bits per heavy atom. The Balaban J connectivity index is 2.16. The van der Waals surface area contributed by atoms with Crippen LogP contribution in [-0.2, 0) is 6.42 Å². The van der Waals surface area contributed by atoms with Gasteiger partial charge in [0.25, 0.3) is 0 Å². The zero-order chi connectivity index (χ0) is 11.7. The molecule has 2 aromatic rings. The van der Waals surface area contributed by atoms with Crippen molar-refractivity contribution in [3.8, 4) is 5.75 Å². The van der Waals surface area contributed by atoms with E-state index in [1.54, 1.807) is 6.20 Å². The maximum atomic E-state index is 5.54. The molecule has 0 bridgehead atoms. The summed E-state index contributed by atoms with van der Waals surface area (Å²) in [6, 6.07) is 3.94. The topological polar surface area (TPSA) is 59.3 Å². The maximum Gasteiger partial charge on any atom is 0.171 e. The fourth-order valence-electron chi connectivity index (χ4n) is 1.96. The molecule has 0 fully saturated rings. The Morgan fingerprint density at radius 3 is 3.24 bits per heavy atom. The number of aromatic nitrogens is 1. The van der Waals surface area contributed by atoms with Crippen LogP contribution in [0.5, 0.6) is 5.75 Å². The van der Waals surface area contributed by atoms with Crippen molar-refractivity contribution in [2.45, 2.75) is 6.42 Å². The van der Waals surface area contributed by atoms with Crippen LogP contribution in [0.3, 0.4) is 0 Å². The van der Waals surface area contributed by atoms with E-state index in [2.05, 4.69) is 16.0 Å². The van der Waals surface area contributed by atoms with Gasteiger partial charge in [-0.3, -0.25) is 0 Å². The molecule has 0 amide bonds. The van der Waals surface area contributed by atoms with Crippen molar-refractivity contribution in [2.24, 2.45) is 0 Å². The van der Waals surface area contributed by atoms with Gasteiger partial charge in [0.15, 0.2) is 11.3 Å². The number of nitrogens with one attached hydrogen (secondary N) is 2. The average molecular weight is 231 g/mol. The summed E-state index contributed by atoms with van der Waals surface area (Å²) in [4.78, 5) is 5.54. The molecule has 88 valence electrons. The van der Waals surface area contributed by atoms with E-state index in [-0.39, 0.29) is 0 Å². The summed E-state index contributed by atoms with van der Waals surface area (Å²) in [5.74, 6) is 0.805. The summed E-state index contributed by atoms with van der Waals surface area (Å²) in [6.07, 6.45) is 4.44. The molecule has 0 spiro atoms. The van der Waals surface area contributed by atoms with E-state index in [9.17, 15) is 0 Å². The highest BCUT2D eigenvalue weighted by molar-refractivity contribution is 5.92. The Bertz CT molecular complexity index is 574. The first-order chi connectivity index (χ1) is 8.40. The highest BCUT2D eigenvalue weighted by Gasteiger charge is 2.18. The van der Waals surface area contributed by atoms with Gasteiger partial charge in [0, 0.05) is 6.20 Å². The summed E-state index contributed by atoms with van der Waals surface area (Å²) in [5.41, 5.74) is 5.45. The Labute approximate surface area is 98.4 Å². The minimum absolute atomic E-state index is 0.747. The summed E-state index contributed by atoms with van der Waals surface area (Å²) in [5, 5.41) is 8.07. The second-order valence-corrected chi connectivity index (χ2v) is 3.90. The molecule has 0 saturated heterocycles. The lowest BCUT2D eigenvalue weighted by molar-refractivity contribution is 0.245. The zero-order valence-electron chi connectivity index (χ0n) is 9.49. The minimum Gasteiger partial charge on any atom is -0.382 e. The molecule has 2 heterocycles. The van der Waals surface area contributed by atoms with Crippen molar-refractivity contribution >= 4 is 17.0 Å². The van der Waals surface area contributed by atoms with Crippen molar-refractivity contribution < 1.29 is 9.36 Å². The smallest absolute Gasteiger partial charge is 0.171 e. The molecule has 5 heteroatoms. The molecule has 0 atom stereocenters. The second-order valence-electron chi connectivity index (χ2n) is 3.90. The van der Waals surface area contributed by atoms with Crippen LogP contribution < -0.4 is 15.6 Å². The summed E-state index contributed by atoms with van der Waals surface area (Å²) in [7, 11) is 1.93. The SMILES string of the molecule is CNCCc1ccc2onc3c2c1ONC=C3. The van der Waals surface area contributed by atoms with E-state index >= 15 is 0 Å². The molecule has 0 radical (unpaired) electrons. The second kappa shape index (κ2) is 4.10. The van der Waals surface area contributed by atoms with Gasteiger partial charge in [-0.05, 0) is 37.7 Å². The normalized spacial score (nSPS) is 13.2. The lowest BCUT2D eigenvalue weighted by Crippen LogP contribution is -2.14. The van der Waals surface area contributed by atoms with Crippen LogP contribution in [0.25, 0.3) is 17.0 Å². The molecule has 1 aromatic carbocycles. The maximum absolute atomic E-state index is 5.54. The predicted molar refractivity (Wildman–Crippen MR) is 64.4 cm³/mol. The zero-order valence-corrected chi connectivity index (χ0v) is 9.49.